The Balaban J connectivity index is 1.55. The van der Waals surface area contributed by atoms with E-state index in [1.54, 1.807) is 0 Å². The van der Waals surface area contributed by atoms with Gasteiger partial charge in [0.1, 0.15) is 0 Å². The first-order valence-corrected chi connectivity index (χ1v) is 7.05. The fourth-order valence-electron chi connectivity index (χ4n) is 2.55. The molecule has 3 nitrogen and oxygen atoms in total. The van der Waals surface area contributed by atoms with Crippen molar-refractivity contribution in [2.45, 2.75) is 70.7 Å². The van der Waals surface area contributed by atoms with Crippen molar-refractivity contribution in [2.75, 3.05) is 19.8 Å². The van der Waals surface area contributed by atoms with Crippen LogP contribution in [0, 0.1) is 0 Å². The van der Waals surface area contributed by atoms with E-state index in [-0.39, 0.29) is 5.60 Å². The summed E-state index contributed by atoms with van der Waals surface area (Å²) in [6, 6.07) is 0. The van der Waals surface area contributed by atoms with Crippen molar-refractivity contribution >= 4 is 0 Å². The minimum atomic E-state index is -0.0114. The lowest BCUT2D eigenvalue weighted by Crippen LogP contribution is -2.44. The van der Waals surface area contributed by atoms with Crippen LogP contribution in [0.2, 0.25) is 0 Å². The first-order valence-electron chi connectivity index (χ1n) is 7.05. The van der Waals surface area contributed by atoms with Crippen molar-refractivity contribution in [3.05, 3.63) is 0 Å². The molecule has 2 aliphatic rings. The molecule has 1 saturated heterocycles. The van der Waals surface area contributed by atoms with Gasteiger partial charge in [-0.25, -0.2) is 0 Å². The lowest BCUT2D eigenvalue weighted by Gasteiger charge is -2.40. The maximum Gasteiger partial charge on any atom is 0.0994 e. The quantitative estimate of drug-likeness (QED) is 0.755. The van der Waals surface area contributed by atoms with Crippen LogP contribution in [-0.4, -0.2) is 42.5 Å². The van der Waals surface area contributed by atoms with Crippen LogP contribution in [0.1, 0.15) is 52.9 Å². The third kappa shape index (κ3) is 4.57. The molecule has 0 unspecified atom stereocenters. The van der Waals surface area contributed by atoms with Crippen molar-refractivity contribution in [1.82, 2.24) is 4.90 Å². The van der Waals surface area contributed by atoms with E-state index in [1.807, 2.05) is 0 Å². The molecule has 0 atom stereocenters. The minimum absolute atomic E-state index is 0.0114. The Labute approximate surface area is 105 Å². The second-order valence-electron chi connectivity index (χ2n) is 6.42. The Hall–Kier alpha value is -0.120. The molecular formula is C14H27NO2. The molecule has 0 spiro atoms. The number of rotatable bonds is 4. The number of hydrogen-bond donors (Lipinski definition) is 0. The second kappa shape index (κ2) is 5.68. The normalized spacial score (nSPS) is 31.2. The molecular weight excluding hydrogens is 214 g/mol. The van der Waals surface area contributed by atoms with Crippen molar-refractivity contribution in [3.63, 3.8) is 0 Å². The third-order valence-corrected chi connectivity index (χ3v) is 3.51. The summed E-state index contributed by atoms with van der Waals surface area (Å²) in [5.74, 6) is 0. The molecule has 0 amide bonds. The molecule has 1 heterocycles. The molecule has 0 N–H and O–H groups in total. The van der Waals surface area contributed by atoms with Crippen LogP contribution in [0.3, 0.4) is 0 Å². The highest BCUT2D eigenvalue weighted by Crippen LogP contribution is 2.30. The maximum absolute atomic E-state index is 5.91. The van der Waals surface area contributed by atoms with Crippen LogP contribution in [-0.2, 0) is 9.47 Å². The first kappa shape index (κ1) is 13.3. The lowest BCUT2D eigenvalue weighted by molar-refractivity contribution is -0.161. The summed E-state index contributed by atoms with van der Waals surface area (Å²) in [4.78, 5) is 2.43. The third-order valence-electron chi connectivity index (χ3n) is 3.51. The summed E-state index contributed by atoms with van der Waals surface area (Å²) in [5, 5.41) is 0. The highest BCUT2D eigenvalue weighted by Gasteiger charge is 2.33. The van der Waals surface area contributed by atoms with Crippen LogP contribution < -0.4 is 0 Å². The van der Waals surface area contributed by atoms with E-state index in [1.165, 1.54) is 32.4 Å². The zero-order chi connectivity index (χ0) is 12.3. The summed E-state index contributed by atoms with van der Waals surface area (Å²) in [5.41, 5.74) is -0.0114. The van der Waals surface area contributed by atoms with Crippen LogP contribution >= 0.6 is 0 Å². The Kier molecular flexibility index (Phi) is 4.45. The standard InChI is InChI=1S/C14H27NO2/c1-14(2,3)17-13-9-12(10-13)16-11-15-7-5-4-6-8-15/h12-13H,4-11H2,1-3H3/t12-,13-. The zero-order valence-corrected chi connectivity index (χ0v) is 11.6. The van der Waals surface area contributed by atoms with Gasteiger partial charge in [-0.2, -0.15) is 0 Å². The molecule has 0 bridgehead atoms. The van der Waals surface area contributed by atoms with Gasteiger partial charge in [-0.05, 0) is 33.6 Å². The molecule has 0 aromatic heterocycles. The molecule has 2 rings (SSSR count). The van der Waals surface area contributed by atoms with Gasteiger partial charge in [0.15, 0.2) is 0 Å². The Morgan fingerprint density at radius 2 is 1.65 bits per heavy atom. The summed E-state index contributed by atoms with van der Waals surface area (Å²) >= 11 is 0. The Bertz CT molecular complexity index is 225. The summed E-state index contributed by atoms with van der Waals surface area (Å²) in [6.45, 7) is 9.62. The predicted molar refractivity (Wildman–Crippen MR) is 69.0 cm³/mol. The molecule has 1 aliphatic heterocycles. The van der Waals surface area contributed by atoms with Gasteiger partial charge in [0.25, 0.3) is 0 Å². The SMILES string of the molecule is CC(C)(C)O[C@H]1C[C@H](OCN2CCCCC2)C1. The van der Waals surface area contributed by atoms with Gasteiger partial charge < -0.3 is 9.47 Å². The molecule has 1 saturated carbocycles. The van der Waals surface area contributed by atoms with Crippen molar-refractivity contribution in [2.24, 2.45) is 0 Å². The van der Waals surface area contributed by atoms with E-state index in [9.17, 15) is 0 Å². The van der Waals surface area contributed by atoms with Crippen molar-refractivity contribution in [1.29, 1.82) is 0 Å². The van der Waals surface area contributed by atoms with Gasteiger partial charge in [-0.15, -0.1) is 0 Å². The number of piperidine rings is 1. The van der Waals surface area contributed by atoms with Crippen LogP contribution in [0.4, 0.5) is 0 Å². The fraction of sp³-hybridized carbons (Fsp3) is 1.00. The van der Waals surface area contributed by atoms with E-state index in [4.69, 9.17) is 9.47 Å². The van der Waals surface area contributed by atoms with Crippen molar-refractivity contribution in [3.8, 4) is 0 Å². The van der Waals surface area contributed by atoms with E-state index in [2.05, 4.69) is 25.7 Å². The highest BCUT2D eigenvalue weighted by atomic mass is 16.5. The Morgan fingerprint density at radius 1 is 1.00 bits per heavy atom. The fourth-order valence-corrected chi connectivity index (χ4v) is 2.55. The smallest absolute Gasteiger partial charge is 0.0994 e. The largest absolute Gasteiger partial charge is 0.372 e. The lowest BCUT2D eigenvalue weighted by atomic mass is 9.91. The first-order chi connectivity index (χ1) is 8.03. The minimum Gasteiger partial charge on any atom is -0.372 e. The second-order valence-corrected chi connectivity index (χ2v) is 6.42. The van der Waals surface area contributed by atoms with E-state index >= 15 is 0 Å². The predicted octanol–water partition coefficient (Wildman–Crippen LogP) is 2.79. The highest BCUT2D eigenvalue weighted by molar-refractivity contribution is 4.83. The number of nitrogens with zero attached hydrogens (tertiary/aromatic N) is 1. The molecule has 0 aromatic rings. The Morgan fingerprint density at radius 3 is 2.24 bits per heavy atom. The van der Waals surface area contributed by atoms with E-state index in [0.29, 0.717) is 12.2 Å². The molecule has 3 heteroatoms. The number of likely N-dealkylation sites (tertiary alicyclic amines) is 1. The molecule has 2 fully saturated rings. The van der Waals surface area contributed by atoms with Crippen LogP contribution in [0.5, 0.6) is 0 Å². The molecule has 100 valence electrons. The maximum atomic E-state index is 5.91. The molecule has 0 aromatic carbocycles. The topological polar surface area (TPSA) is 21.7 Å². The average molecular weight is 241 g/mol. The van der Waals surface area contributed by atoms with E-state index in [0.717, 1.165) is 19.6 Å². The summed E-state index contributed by atoms with van der Waals surface area (Å²) in [7, 11) is 0. The van der Waals surface area contributed by atoms with Gasteiger partial charge in [0.05, 0.1) is 24.5 Å². The molecule has 17 heavy (non-hydrogen) atoms. The van der Waals surface area contributed by atoms with Crippen LogP contribution in [0.15, 0.2) is 0 Å². The van der Waals surface area contributed by atoms with Gasteiger partial charge in [-0.3, -0.25) is 4.90 Å². The number of ether oxygens (including phenoxy) is 2. The summed E-state index contributed by atoms with van der Waals surface area (Å²) in [6.07, 6.45) is 7.07. The van der Waals surface area contributed by atoms with Gasteiger partial charge >= 0.3 is 0 Å². The van der Waals surface area contributed by atoms with Gasteiger partial charge in [-0.1, -0.05) is 6.42 Å². The molecule has 1 aliphatic carbocycles. The molecule has 0 radical (unpaired) electrons. The zero-order valence-electron chi connectivity index (χ0n) is 11.6. The van der Waals surface area contributed by atoms with Crippen molar-refractivity contribution < 1.29 is 9.47 Å². The average Bonchev–Trinajstić information content (AvgIpc) is 2.21. The number of hydrogen-bond acceptors (Lipinski definition) is 3. The van der Waals surface area contributed by atoms with E-state index < -0.39 is 0 Å². The van der Waals surface area contributed by atoms with Gasteiger partial charge in [0.2, 0.25) is 0 Å². The van der Waals surface area contributed by atoms with Gasteiger partial charge in [0, 0.05) is 25.9 Å². The monoisotopic (exact) mass is 241 g/mol. The summed E-state index contributed by atoms with van der Waals surface area (Å²) < 4.78 is 11.8. The van der Waals surface area contributed by atoms with Crippen LogP contribution in [0.25, 0.3) is 0 Å².